The highest BCUT2D eigenvalue weighted by Gasteiger charge is 2.05. The molecule has 1 atom stereocenters. The standard InChI is InChI=1S/C11H12FN3S/c1-8(5-10-3-2-4-16-10)15-11-13-6-9(12)7-14-11/h2-4,6-8H,5H2,1H3,(H,13,14,15). The summed E-state index contributed by atoms with van der Waals surface area (Å²) in [6.45, 7) is 2.05. The van der Waals surface area contributed by atoms with Gasteiger partial charge in [-0.3, -0.25) is 0 Å². The molecule has 1 N–H and O–H groups in total. The van der Waals surface area contributed by atoms with Gasteiger partial charge in [-0.15, -0.1) is 11.3 Å². The van der Waals surface area contributed by atoms with Gasteiger partial charge >= 0.3 is 0 Å². The maximum absolute atomic E-state index is 12.6. The first-order valence-corrected chi connectivity index (χ1v) is 5.88. The van der Waals surface area contributed by atoms with Crippen molar-refractivity contribution in [2.24, 2.45) is 0 Å². The van der Waals surface area contributed by atoms with Gasteiger partial charge in [-0.25, -0.2) is 14.4 Å². The Balaban J connectivity index is 1.92. The minimum absolute atomic E-state index is 0.226. The largest absolute Gasteiger partial charge is 0.351 e. The van der Waals surface area contributed by atoms with E-state index < -0.39 is 5.82 Å². The lowest BCUT2D eigenvalue weighted by molar-refractivity contribution is 0.613. The van der Waals surface area contributed by atoms with Crippen molar-refractivity contribution >= 4 is 17.3 Å². The van der Waals surface area contributed by atoms with E-state index in [0.717, 1.165) is 18.8 Å². The van der Waals surface area contributed by atoms with Crippen LogP contribution in [0.15, 0.2) is 29.9 Å². The Morgan fingerprint density at radius 3 is 2.81 bits per heavy atom. The minimum atomic E-state index is -0.420. The Bertz CT molecular complexity index is 427. The van der Waals surface area contributed by atoms with Crippen molar-refractivity contribution in [3.63, 3.8) is 0 Å². The van der Waals surface area contributed by atoms with Gasteiger partial charge in [-0.05, 0) is 18.4 Å². The maximum atomic E-state index is 12.6. The average Bonchev–Trinajstić information content (AvgIpc) is 2.74. The number of hydrogen-bond acceptors (Lipinski definition) is 4. The second kappa shape index (κ2) is 5.03. The highest BCUT2D eigenvalue weighted by molar-refractivity contribution is 7.09. The van der Waals surface area contributed by atoms with E-state index in [0.29, 0.717) is 5.95 Å². The van der Waals surface area contributed by atoms with Gasteiger partial charge in [0.1, 0.15) is 0 Å². The Hall–Kier alpha value is -1.49. The first kappa shape index (κ1) is 11.0. The summed E-state index contributed by atoms with van der Waals surface area (Å²) in [6, 6.07) is 4.35. The van der Waals surface area contributed by atoms with E-state index in [4.69, 9.17) is 0 Å². The molecule has 0 amide bonds. The molecule has 3 nitrogen and oxygen atoms in total. The lowest BCUT2D eigenvalue weighted by atomic mass is 10.2. The third kappa shape index (κ3) is 3.00. The fourth-order valence-corrected chi connectivity index (χ4v) is 2.22. The lowest BCUT2D eigenvalue weighted by Crippen LogP contribution is -2.19. The summed E-state index contributed by atoms with van der Waals surface area (Å²) >= 11 is 1.72. The highest BCUT2D eigenvalue weighted by atomic mass is 32.1. The molecule has 0 saturated heterocycles. The van der Waals surface area contributed by atoms with E-state index in [1.54, 1.807) is 11.3 Å². The molecule has 2 aromatic rings. The molecule has 0 aliphatic rings. The average molecular weight is 237 g/mol. The Labute approximate surface area is 97.4 Å². The minimum Gasteiger partial charge on any atom is -0.351 e. The van der Waals surface area contributed by atoms with E-state index >= 15 is 0 Å². The quantitative estimate of drug-likeness (QED) is 0.888. The number of hydrogen-bond donors (Lipinski definition) is 1. The van der Waals surface area contributed by atoms with Gasteiger partial charge in [0.2, 0.25) is 5.95 Å². The first-order chi connectivity index (χ1) is 7.74. The van der Waals surface area contributed by atoms with Crippen LogP contribution < -0.4 is 5.32 Å². The molecule has 0 spiro atoms. The van der Waals surface area contributed by atoms with Crippen LogP contribution in [0, 0.1) is 5.82 Å². The van der Waals surface area contributed by atoms with E-state index in [9.17, 15) is 4.39 Å². The zero-order chi connectivity index (χ0) is 11.4. The van der Waals surface area contributed by atoms with Gasteiger partial charge in [0, 0.05) is 17.3 Å². The normalized spacial score (nSPS) is 12.4. The Morgan fingerprint density at radius 1 is 1.44 bits per heavy atom. The number of thiophene rings is 1. The van der Waals surface area contributed by atoms with Gasteiger partial charge in [0.15, 0.2) is 5.82 Å². The van der Waals surface area contributed by atoms with Crippen LogP contribution in [0.25, 0.3) is 0 Å². The molecule has 0 aliphatic heterocycles. The smallest absolute Gasteiger partial charge is 0.222 e. The van der Waals surface area contributed by atoms with Crippen LogP contribution in [0.3, 0.4) is 0 Å². The molecule has 2 heterocycles. The summed E-state index contributed by atoms with van der Waals surface area (Å²) in [5.41, 5.74) is 0. The van der Waals surface area contributed by atoms with Gasteiger partial charge in [0.25, 0.3) is 0 Å². The molecule has 0 aliphatic carbocycles. The van der Waals surface area contributed by atoms with Crippen molar-refractivity contribution in [2.45, 2.75) is 19.4 Å². The van der Waals surface area contributed by atoms with Crippen molar-refractivity contribution in [2.75, 3.05) is 5.32 Å². The van der Waals surface area contributed by atoms with E-state index in [-0.39, 0.29) is 6.04 Å². The zero-order valence-electron chi connectivity index (χ0n) is 8.85. The number of nitrogens with one attached hydrogen (secondary N) is 1. The van der Waals surface area contributed by atoms with Crippen molar-refractivity contribution in [3.05, 3.63) is 40.6 Å². The molecule has 2 rings (SSSR count). The molecular formula is C11H12FN3S. The second-order valence-corrected chi connectivity index (χ2v) is 4.59. The van der Waals surface area contributed by atoms with Gasteiger partial charge < -0.3 is 5.32 Å². The summed E-state index contributed by atoms with van der Waals surface area (Å²) < 4.78 is 12.6. The number of aromatic nitrogens is 2. The third-order valence-corrected chi connectivity index (χ3v) is 2.98. The summed E-state index contributed by atoms with van der Waals surface area (Å²) in [5, 5.41) is 5.18. The first-order valence-electron chi connectivity index (χ1n) is 5.00. The van der Waals surface area contributed by atoms with Gasteiger partial charge in [0.05, 0.1) is 12.4 Å². The van der Waals surface area contributed by atoms with Crippen molar-refractivity contribution in [3.8, 4) is 0 Å². The fraction of sp³-hybridized carbons (Fsp3) is 0.273. The predicted molar refractivity (Wildman–Crippen MR) is 63.1 cm³/mol. The molecule has 0 aromatic carbocycles. The Kier molecular flexibility index (Phi) is 3.46. The molecule has 5 heteroatoms. The van der Waals surface area contributed by atoms with E-state index in [2.05, 4.69) is 26.7 Å². The molecule has 0 saturated carbocycles. The van der Waals surface area contributed by atoms with Crippen LogP contribution in [0.2, 0.25) is 0 Å². The number of nitrogens with zero attached hydrogens (tertiary/aromatic N) is 2. The molecule has 0 fully saturated rings. The molecular weight excluding hydrogens is 225 g/mol. The fourth-order valence-electron chi connectivity index (χ4n) is 1.39. The highest BCUT2D eigenvalue weighted by Crippen LogP contribution is 2.12. The topological polar surface area (TPSA) is 37.8 Å². The summed E-state index contributed by atoms with van der Waals surface area (Å²) in [7, 11) is 0. The number of anilines is 1. The van der Waals surface area contributed by atoms with Crippen molar-refractivity contribution < 1.29 is 4.39 Å². The summed E-state index contributed by atoms with van der Waals surface area (Å²) in [4.78, 5) is 9.01. The zero-order valence-corrected chi connectivity index (χ0v) is 9.67. The summed E-state index contributed by atoms with van der Waals surface area (Å²) in [5.74, 6) is 0.0434. The molecule has 2 aromatic heterocycles. The molecule has 0 radical (unpaired) electrons. The lowest BCUT2D eigenvalue weighted by Gasteiger charge is -2.12. The third-order valence-electron chi connectivity index (χ3n) is 2.08. The van der Waals surface area contributed by atoms with Crippen LogP contribution >= 0.6 is 11.3 Å². The van der Waals surface area contributed by atoms with Crippen LogP contribution in [-0.2, 0) is 6.42 Å². The molecule has 84 valence electrons. The molecule has 16 heavy (non-hydrogen) atoms. The van der Waals surface area contributed by atoms with Crippen LogP contribution in [0.1, 0.15) is 11.8 Å². The van der Waals surface area contributed by atoms with Crippen molar-refractivity contribution in [1.29, 1.82) is 0 Å². The summed E-state index contributed by atoms with van der Waals surface area (Å²) in [6.07, 6.45) is 3.23. The van der Waals surface area contributed by atoms with Gasteiger partial charge in [-0.1, -0.05) is 6.07 Å². The van der Waals surface area contributed by atoms with Crippen molar-refractivity contribution in [1.82, 2.24) is 9.97 Å². The van der Waals surface area contributed by atoms with Crippen LogP contribution in [0.5, 0.6) is 0 Å². The monoisotopic (exact) mass is 237 g/mol. The maximum Gasteiger partial charge on any atom is 0.222 e. The van der Waals surface area contributed by atoms with Gasteiger partial charge in [-0.2, -0.15) is 0 Å². The number of halogens is 1. The number of rotatable bonds is 4. The SMILES string of the molecule is CC(Cc1cccs1)Nc1ncc(F)cn1. The Morgan fingerprint density at radius 2 is 2.19 bits per heavy atom. The molecule has 1 unspecified atom stereocenters. The predicted octanol–water partition coefficient (Wildman–Crippen LogP) is 2.72. The second-order valence-electron chi connectivity index (χ2n) is 3.55. The van der Waals surface area contributed by atoms with Crippen LogP contribution in [-0.4, -0.2) is 16.0 Å². The van der Waals surface area contributed by atoms with E-state index in [1.165, 1.54) is 4.88 Å². The molecule has 0 bridgehead atoms. The van der Waals surface area contributed by atoms with E-state index in [1.807, 2.05) is 13.0 Å². The van der Waals surface area contributed by atoms with Crippen LogP contribution in [0.4, 0.5) is 10.3 Å².